The molecule has 2 aromatic heterocycles. The van der Waals surface area contributed by atoms with Gasteiger partial charge in [0.15, 0.2) is 15.5 Å². The van der Waals surface area contributed by atoms with Crippen molar-refractivity contribution in [1.82, 2.24) is 20.3 Å². The third-order valence-electron chi connectivity index (χ3n) is 6.02. The Balaban J connectivity index is 1.41. The van der Waals surface area contributed by atoms with Gasteiger partial charge in [-0.05, 0) is 30.4 Å². The summed E-state index contributed by atoms with van der Waals surface area (Å²) >= 11 is 1.37. The second-order valence-electron chi connectivity index (χ2n) is 8.13. The Morgan fingerprint density at radius 1 is 1.15 bits per heavy atom. The Morgan fingerprint density at radius 2 is 1.94 bits per heavy atom. The lowest BCUT2D eigenvalue weighted by molar-refractivity contribution is -0.122. The fraction of sp³-hybridized carbons (Fsp3) is 0.280. The van der Waals surface area contributed by atoms with E-state index in [0.29, 0.717) is 27.8 Å². The number of thiazole rings is 1. The van der Waals surface area contributed by atoms with Crippen LogP contribution in [0.25, 0.3) is 21.7 Å². The molecule has 0 aliphatic carbocycles. The Labute approximate surface area is 195 Å². The van der Waals surface area contributed by atoms with E-state index in [4.69, 9.17) is 4.98 Å². The molecular weight excluding hydrogens is 434 g/mol. The predicted octanol–water partition coefficient (Wildman–Crippen LogP) is 3.89. The Morgan fingerprint density at radius 3 is 2.76 bits per heavy atom. The summed E-state index contributed by atoms with van der Waals surface area (Å²) in [7, 11) is 0. The summed E-state index contributed by atoms with van der Waals surface area (Å²) in [6.07, 6.45) is 2.51. The van der Waals surface area contributed by atoms with Crippen molar-refractivity contribution in [2.45, 2.75) is 38.8 Å². The minimum Gasteiger partial charge on any atom is -0.350 e. The van der Waals surface area contributed by atoms with E-state index in [1.165, 1.54) is 11.3 Å². The molecule has 1 atom stereocenters. The molecule has 2 aromatic carbocycles. The molecule has 1 saturated heterocycles. The highest BCUT2D eigenvalue weighted by atomic mass is 32.1. The molecule has 4 aromatic rings. The molecule has 168 valence electrons. The molecular formula is C25H25N5O2S. The fourth-order valence-electron chi connectivity index (χ4n) is 4.30. The standard InChI is InChI=1S/C25H25N5O2S/c1-2-17-11-6-7-12-18(17)21-28-23(32)20-24(29-21)33-25(27-20)30-14-8-13-19(30)22(31)26-15-16-9-4-3-5-10-16/h3-7,9-12,19H,2,8,13-15H2,1H3,(H,26,31)(H,28,29,32). The van der Waals surface area contributed by atoms with E-state index in [9.17, 15) is 9.59 Å². The number of amides is 1. The molecule has 0 spiro atoms. The van der Waals surface area contributed by atoms with Crippen molar-refractivity contribution >= 4 is 32.7 Å². The highest BCUT2D eigenvalue weighted by Gasteiger charge is 2.33. The lowest BCUT2D eigenvalue weighted by Crippen LogP contribution is -2.43. The number of nitrogens with one attached hydrogen (secondary N) is 2. The number of hydrogen-bond donors (Lipinski definition) is 2. The van der Waals surface area contributed by atoms with Crippen molar-refractivity contribution in [2.24, 2.45) is 0 Å². The maximum absolute atomic E-state index is 12.9. The second-order valence-corrected chi connectivity index (χ2v) is 9.09. The molecule has 1 aliphatic rings. The highest BCUT2D eigenvalue weighted by Crippen LogP contribution is 2.32. The Bertz CT molecular complexity index is 1350. The number of aryl methyl sites for hydroxylation is 1. The molecule has 2 N–H and O–H groups in total. The minimum atomic E-state index is -0.298. The van der Waals surface area contributed by atoms with Crippen LogP contribution in [0.5, 0.6) is 0 Å². The second kappa shape index (κ2) is 9.15. The smallest absolute Gasteiger partial charge is 0.278 e. The highest BCUT2D eigenvalue weighted by molar-refractivity contribution is 7.21. The largest absolute Gasteiger partial charge is 0.350 e. The van der Waals surface area contributed by atoms with Crippen LogP contribution >= 0.6 is 11.3 Å². The van der Waals surface area contributed by atoms with Crippen LogP contribution in [0.15, 0.2) is 59.4 Å². The molecule has 1 amide bonds. The SMILES string of the molecule is CCc1ccccc1-c1nc2sc(N3CCCC3C(=O)NCc3ccccc3)nc2c(=O)[nH]1. The van der Waals surface area contributed by atoms with Gasteiger partial charge in [0.25, 0.3) is 5.56 Å². The van der Waals surface area contributed by atoms with Gasteiger partial charge in [0.2, 0.25) is 5.91 Å². The first-order valence-electron chi connectivity index (χ1n) is 11.2. The lowest BCUT2D eigenvalue weighted by Gasteiger charge is -2.23. The van der Waals surface area contributed by atoms with Gasteiger partial charge in [-0.15, -0.1) is 0 Å². The molecule has 1 fully saturated rings. The zero-order chi connectivity index (χ0) is 22.8. The average Bonchev–Trinajstić information content (AvgIpc) is 3.50. The van der Waals surface area contributed by atoms with Crippen LogP contribution in [0.4, 0.5) is 5.13 Å². The van der Waals surface area contributed by atoms with Gasteiger partial charge in [0.1, 0.15) is 11.9 Å². The number of fused-ring (bicyclic) bond motifs is 1. The zero-order valence-corrected chi connectivity index (χ0v) is 19.2. The van der Waals surface area contributed by atoms with Crippen LogP contribution < -0.4 is 15.8 Å². The number of rotatable bonds is 6. The van der Waals surface area contributed by atoms with Gasteiger partial charge >= 0.3 is 0 Å². The van der Waals surface area contributed by atoms with E-state index in [1.807, 2.05) is 59.5 Å². The fourth-order valence-corrected chi connectivity index (χ4v) is 5.32. The van der Waals surface area contributed by atoms with Crippen molar-refractivity contribution in [2.75, 3.05) is 11.4 Å². The zero-order valence-electron chi connectivity index (χ0n) is 18.4. The van der Waals surface area contributed by atoms with Crippen molar-refractivity contribution in [3.05, 3.63) is 76.1 Å². The van der Waals surface area contributed by atoms with E-state index >= 15 is 0 Å². The predicted molar refractivity (Wildman–Crippen MR) is 132 cm³/mol. The molecule has 1 aliphatic heterocycles. The number of nitrogens with zero attached hydrogens (tertiary/aromatic N) is 3. The van der Waals surface area contributed by atoms with Gasteiger partial charge in [0.05, 0.1) is 0 Å². The van der Waals surface area contributed by atoms with E-state index in [2.05, 4.69) is 22.2 Å². The first kappa shape index (κ1) is 21.3. The molecule has 1 unspecified atom stereocenters. The van der Waals surface area contributed by atoms with E-state index in [1.54, 1.807) is 0 Å². The van der Waals surface area contributed by atoms with Crippen molar-refractivity contribution in [1.29, 1.82) is 0 Å². The number of anilines is 1. The topological polar surface area (TPSA) is 91.0 Å². The van der Waals surface area contributed by atoms with Crippen molar-refractivity contribution < 1.29 is 4.79 Å². The Kier molecular flexibility index (Phi) is 5.92. The summed E-state index contributed by atoms with van der Waals surface area (Å²) in [5.41, 5.74) is 3.18. The summed E-state index contributed by atoms with van der Waals surface area (Å²) in [5, 5.41) is 3.71. The summed E-state index contributed by atoms with van der Waals surface area (Å²) in [5.74, 6) is 0.536. The maximum atomic E-state index is 12.9. The molecule has 5 rings (SSSR count). The van der Waals surface area contributed by atoms with Gasteiger partial charge in [-0.2, -0.15) is 0 Å². The summed E-state index contributed by atoms with van der Waals surface area (Å²) in [4.78, 5) is 40.6. The number of benzene rings is 2. The molecule has 3 heterocycles. The third kappa shape index (κ3) is 4.26. The quantitative estimate of drug-likeness (QED) is 0.456. The molecule has 33 heavy (non-hydrogen) atoms. The van der Waals surface area contributed by atoms with Gasteiger partial charge in [-0.25, -0.2) is 9.97 Å². The van der Waals surface area contributed by atoms with Gasteiger partial charge < -0.3 is 15.2 Å². The number of carbonyl (C=O) groups excluding carboxylic acids is 1. The molecule has 0 radical (unpaired) electrons. The number of aromatic nitrogens is 3. The maximum Gasteiger partial charge on any atom is 0.278 e. The van der Waals surface area contributed by atoms with Crippen LogP contribution in [-0.2, 0) is 17.8 Å². The first-order valence-corrected chi connectivity index (χ1v) is 12.0. The van der Waals surface area contributed by atoms with Crippen molar-refractivity contribution in [3.8, 4) is 11.4 Å². The van der Waals surface area contributed by atoms with Crippen LogP contribution in [0, 0.1) is 0 Å². The monoisotopic (exact) mass is 459 g/mol. The van der Waals surface area contributed by atoms with Gasteiger partial charge in [-0.1, -0.05) is 72.9 Å². The molecule has 8 heteroatoms. The Hall–Kier alpha value is -3.52. The van der Waals surface area contributed by atoms with Gasteiger partial charge in [0, 0.05) is 18.7 Å². The van der Waals surface area contributed by atoms with E-state index < -0.39 is 0 Å². The number of carbonyl (C=O) groups is 1. The molecule has 7 nitrogen and oxygen atoms in total. The van der Waals surface area contributed by atoms with Gasteiger partial charge in [-0.3, -0.25) is 9.59 Å². The van der Waals surface area contributed by atoms with Crippen LogP contribution in [0.1, 0.15) is 30.9 Å². The average molecular weight is 460 g/mol. The summed E-state index contributed by atoms with van der Waals surface area (Å²) in [6, 6.07) is 17.5. The summed E-state index contributed by atoms with van der Waals surface area (Å²) in [6.45, 7) is 3.30. The van der Waals surface area contributed by atoms with Crippen molar-refractivity contribution in [3.63, 3.8) is 0 Å². The summed E-state index contributed by atoms with van der Waals surface area (Å²) < 4.78 is 0. The first-order chi connectivity index (χ1) is 16.1. The van der Waals surface area contributed by atoms with Crippen LogP contribution in [0.3, 0.4) is 0 Å². The number of H-pyrrole nitrogens is 1. The van der Waals surface area contributed by atoms with E-state index in [0.717, 1.165) is 42.5 Å². The number of aromatic amines is 1. The van der Waals surface area contributed by atoms with Crippen LogP contribution in [-0.4, -0.2) is 33.4 Å². The third-order valence-corrected chi connectivity index (χ3v) is 7.01. The number of hydrogen-bond acceptors (Lipinski definition) is 6. The molecule has 0 bridgehead atoms. The molecule has 0 saturated carbocycles. The van der Waals surface area contributed by atoms with Crippen LogP contribution in [0.2, 0.25) is 0 Å². The lowest BCUT2D eigenvalue weighted by atomic mass is 10.0. The van der Waals surface area contributed by atoms with E-state index in [-0.39, 0.29) is 17.5 Å². The normalized spacial score (nSPS) is 15.8. The minimum absolute atomic E-state index is 0.0185.